The normalized spacial score (nSPS) is 10.0. The van der Waals surface area contributed by atoms with Crippen LogP contribution >= 0.6 is 0 Å². The van der Waals surface area contributed by atoms with E-state index >= 15 is 0 Å². The Kier molecular flexibility index (Phi) is 4.34. The smallest absolute Gasteiger partial charge is 0.249 e. The van der Waals surface area contributed by atoms with E-state index in [1.54, 1.807) is 6.07 Å². The number of nitrogens with one attached hydrogen (secondary N) is 2. The van der Waals surface area contributed by atoms with Crippen LogP contribution in [0.2, 0.25) is 0 Å². The van der Waals surface area contributed by atoms with Crippen LogP contribution in [-0.4, -0.2) is 15.2 Å². The zero-order chi connectivity index (χ0) is 16.9. The van der Waals surface area contributed by atoms with Gasteiger partial charge in [0.25, 0.3) is 0 Å². The Labute approximate surface area is 140 Å². The minimum atomic E-state index is 0.392. The summed E-state index contributed by atoms with van der Waals surface area (Å²) in [5.41, 5.74) is 4.40. The highest BCUT2D eigenvalue weighted by Crippen LogP contribution is 2.22. The Hall–Kier alpha value is -3.46. The van der Waals surface area contributed by atoms with Gasteiger partial charge in [-0.2, -0.15) is 15.3 Å². The van der Waals surface area contributed by atoms with E-state index in [1.807, 2.05) is 44.2 Å². The van der Waals surface area contributed by atoms with Crippen molar-refractivity contribution in [3.05, 3.63) is 65.4 Å². The molecule has 2 aromatic carbocycles. The van der Waals surface area contributed by atoms with Crippen LogP contribution in [0.1, 0.15) is 16.7 Å². The van der Waals surface area contributed by atoms with Crippen molar-refractivity contribution >= 4 is 23.1 Å². The second-order valence-corrected chi connectivity index (χ2v) is 5.39. The number of nitrogens with zero attached hydrogens (tertiary/aromatic N) is 4. The first-order valence-corrected chi connectivity index (χ1v) is 7.46. The molecule has 3 rings (SSSR count). The molecule has 0 aliphatic heterocycles. The number of hydrogen-bond donors (Lipinski definition) is 2. The topological polar surface area (TPSA) is 86.5 Å². The lowest BCUT2D eigenvalue weighted by atomic mass is 10.1. The fourth-order valence-electron chi connectivity index (χ4n) is 2.24. The minimum absolute atomic E-state index is 0.392. The predicted molar refractivity (Wildman–Crippen MR) is 93.5 cm³/mol. The molecular weight excluding hydrogens is 300 g/mol. The molecule has 0 aliphatic rings. The molecule has 0 amide bonds. The molecule has 24 heavy (non-hydrogen) atoms. The van der Waals surface area contributed by atoms with Gasteiger partial charge in [0.1, 0.15) is 6.07 Å². The molecule has 1 heterocycles. The summed E-state index contributed by atoms with van der Waals surface area (Å²) >= 11 is 0. The average Bonchev–Trinajstić information content (AvgIpc) is 2.59. The zero-order valence-electron chi connectivity index (χ0n) is 13.4. The van der Waals surface area contributed by atoms with Crippen LogP contribution in [0.15, 0.2) is 48.7 Å². The maximum Gasteiger partial charge on any atom is 0.249 e. The second kappa shape index (κ2) is 6.75. The third-order valence-electron chi connectivity index (χ3n) is 3.51. The Morgan fingerprint density at radius 3 is 2.67 bits per heavy atom. The van der Waals surface area contributed by atoms with Crippen molar-refractivity contribution in [3.63, 3.8) is 0 Å². The summed E-state index contributed by atoms with van der Waals surface area (Å²) in [4.78, 5) is 4.40. The number of aryl methyl sites for hydroxylation is 2. The number of para-hydroxylation sites is 1. The van der Waals surface area contributed by atoms with E-state index in [-0.39, 0.29) is 0 Å². The summed E-state index contributed by atoms with van der Waals surface area (Å²) < 4.78 is 0. The van der Waals surface area contributed by atoms with E-state index < -0.39 is 0 Å². The summed E-state index contributed by atoms with van der Waals surface area (Å²) in [6.45, 7) is 4.04. The van der Waals surface area contributed by atoms with E-state index in [0.717, 1.165) is 16.8 Å². The van der Waals surface area contributed by atoms with Gasteiger partial charge in [-0.25, -0.2) is 0 Å². The summed E-state index contributed by atoms with van der Waals surface area (Å²) in [6.07, 6.45) is 1.52. The van der Waals surface area contributed by atoms with Gasteiger partial charge < -0.3 is 10.6 Å². The van der Waals surface area contributed by atoms with Crippen molar-refractivity contribution in [2.24, 2.45) is 0 Å². The molecule has 0 bridgehead atoms. The van der Waals surface area contributed by atoms with Crippen LogP contribution in [0.4, 0.5) is 23.1 Å². The van der Waals surface area contributed by atoms with Gasteiger partial charge in [-0.1, -0.05) is 24.3 Å². The molecule has 1 aromatic heterocycles. The standard InChI is InChI=1S/C18H16N6/c1-12-7-8-13(2)16(9-12)22-18-23-17(11-20-24-18)21-15-6-4-3-5-14(15)10-19/h3-9,11H,1-2H3,(H2,21,22,23,24). The monoisotopic (exact) mass is 316 g/mol. The first-order valence-electron chi connectivity index (χ1n) is 7.46. The van der Waals surface area contributed by atoms with Gasteiger partial charge >= 0.3 is 0 Å². The van der Waals surface area contributed by atoms with Crippen molar-refractivity contribution in [2.45, 2.75) is 13.8 Å². The third kappa shape index (κ3) is 3.47. The van der Waals surface area contributed by atoms with Gasteiger partial charge in [-0.05, 0) is 43.2 Å². The fraction of sp³-hybridized carbons (Fsp3) is 0.111. The Bertz CT molecular complexity index is 913. The highest BCUT2D eigenvalue weighted by Gasteiger charge is 2.06. The summed E-state index contributed by atoms with van der Waals surface area (Å²) in [7, 11) is 0. The van der Waals surface area contributed by atoms with Crippen molar-refractivity contribution < 1.29 is 0 Å². The molecule has 2 N–H and O–H groups in total. The van der Waals surface area contributed by atoms with E-state index in [1.165, 1.54) is 6.20 Å². The molecule has 0 unspecified atom stereocenters. The van der Waals surface area contributed by atoms with Crippen molar-refractivity contribution in [1.29, 1.82) is 5.26 Å². The molecule has 0 saturated carbocycles. The van der Waals surface area contributed by atoms with Crippen LogP contribution in [-0.2, 0) is 0 Å². The van der Waals surface area contributed by atoms with E-state index in [9.17, 15) is 0 Å². The summed E-state index contributed by atoms with van der Waals surface area (Å²) in [5, 5.41) is 23.4. The Morgan fingerprint density at radius 2 is 1.83 bits per heavy atom. The van der Waals surface area contributed by atoms with Gasteiger partial charge in [-0.15, -0.1) is 5.10 Å². The molecule has 0 radical (unpaired) electrons. The van der Waals surface area contributed by atoms with Crippen LogP contribution in [0.3, 0.4) is 0 Å². The molecule has 6 heteroatoms. The van der Waals surface area contributed by atoms with Crippen LogP contribution in [0.25, 0.3) is 0 Å². The summed E-state index contributed by atoms with van der Waals surface area (Å²) in [5.74, 6) is 0.906. The van der Waals surface area contributed by atoms with Gasteiger partial charge in [0.2, 0.25) is 5.95 Å². The van der Waals surface area contributed by atoms with E-state index in [4.69, 9.17) is 5.26 Å². The number of nitriles is 1. The molecular formula is C18H16N6. The minimum Gasteiger partial charge on any atom is -0.338 e. The summed E-state index contributed by atoms with van der Waals surface area (Å²) in [6, 6.07) is 15.5. The van der Waals surface area contributed by atoms with Crippen LogP contribution in [0.5, 0.6) is 0 Å². The first-order chi connectivity index (χ1) is 11.7. The third-order valence-corrected chi connectivity index (χ3v) is 3.51. The maximum absolute atomic E-state index is 9.15. The molecule has 0 aliphatic carbocycles. The number of anilines is 4. The van der Waals surface area contributed by atoms with Crippen LogP contribution in [0, 0.1) is 25.2 Å². The second-order valence-electron chi connectivity index (χ2n) is 5.39. The van der Waals surface area contributed by atoms with E-state index in [0.29, 0.717) is 23.0 Å². The Balaban J connectivity index is 1.84. The Morgan fingerprint density at radius 1 is 1.00 bits per heavy atom. The van der Waals surface area contributed by atoms with Crippen molar-refractivity contribution in [1.82, 2.24) is 15.2 Å². The maximum atomic E-state index is 9.15. The number of benzene rings is 2. The SMILES string of the molecule is Cc1ccc(C)c(Nc2nncc(Nc3ccccc3C#N)n2)c1. The number of rotatable bonds is 4. The van der Waals surface area contributed by atoms with Crippen molar-refractivity contribution in [3.8, 4) is 6.07 Å². The lowest BCUT2D eigenvalue weighted by Crippen LogP contribution is -2.04. The van der Waals surface area contributed by atoms with Gasteiger partial charge in [0.05, 0.1) is 17.4 Å². The highest BCUT2D eigenvalue weighted by molar-refractivity contribution is 5.65. The quantitative estimate of drug-likeness (QED) is 0.760. The lowest BCUT2D eigenvalue weighted by molar-refractivity contribution is 0.981. The largest absolute Gasteiger partial charge is 0.338 e. The van der Waals surface area contributed by atoms with E-state index in [2.05, 4.69) is 38.0 Å². The first kappa shape index (κ1) is 15.4. The molecule has 6 nitrogen and oxygen atoms in total. The molecule has 0 spiro atoms. The molecule has 3 aromatic rings. The molecule has 0 saturated heterocycles. The molecule has 0 fully saturated rings. The van der Waals surface area contributed by atoms with Gasteiger partial charge in [0.15, 0.2) is 5.82 Å². The van der Waals surface area contributed by atoms with Crippen molar-refractivity contribution in [2.75, 3.05) is 10.6 Å². The fourth-order valence-corrected chi connectivity index (χ4v) is 2.24. The lowest BCUT2D eigenvalue weighted by Gasteiger charge is -2.10. The molecule has 0 atom stereocenters. The number of aromatic nitrogens is 3. The average molecular weight is 316 g/mol. The van der Waals surface area contributed by atoms with Gasteiger partial charge in [0, 0.05) is 5.69 Å². The highest BCUT2D eigenvalue weighted by atomic mass is 15.3. The predicted octanol–water partition coefficient (Wildman–Crippen LogP) is 3.85. The zero-order valence-corrected chi connectivity index (χ0v) is 13.4. The molecule has 118 valence electrons. The number of hydrogen-bond acceptors (Lipinski definition) is 6. The van der Waals surface area contributed by atoms with Gasteiger partial charge in [-0.3, -0.25) is 0 Å². The van der Waals surface area contributed by atoms with Crippen LogP contribution < -0.4 is 10.6 Å².